The van der Waals surface area contributed by atoms with Crippen LogP contribution < -0.4 is 5.32 Å². The molecule has 1 atom stereocenters. The van der Waals surface area contributed by atoms with Gasteiger partial charge < -0.3 is 5.32 Å². The minimum atomic E-state index is 0.254. The second-order valence-electron chi connectivity index (χ2n) is 5.13. The van der Waals surface area contributed by atoms with Crippen LogP contribution in [-0.4, -0.2) is 7.05 Å². The topological polar surface area (TPSA) is 12.0 Å². The molecule has 1 N–H and O–H groups in total. The Morgan fingerprint density at radius 3 is 2.45 bits per heavy atom. The largest absolute Gasteiger partial charge is 0.313 e. The molecule has 3 heteroatoms. The van der Waals surface area contributed by atoms with Crippen molar-refractivity contribution in [2.75, 3.05) is 7.05 Å². The van der Waals surface area contributed by atoms with Crippen LogP contribution in [0.25, 0.3) is 0 Å². The predicted octanol–water partition coefficient (Wildman–Crippen LogP) is 5.11. The quantitative estimate of drug-likeness (QED) is 0.827. The molecule has 0 aromatic heterocycles. The van der Waals surface area contributed by atoms with Crippen LogP contribution in [0, 0.1) is 13.8 Å². The van der Waals surface area contributed by atoms with E-state index in [1.54, 1.807) is 0 Å². The van der Waals surface area contributed by atoms with E-state index in [1.165, 1.54) is 16.7 Å². The number of aryl methyl sites for hydroxylation is 2. The number of hydrogen-bond donors (Lipinski definition) is 1. The molecule has 0 radical (unpaired) electrons. The molecule has 0 bridgehead atoms. The first-order chi connectivity index (χ1) is 9.51. The van der Waals surface area contributed by atoms with Crippen molar-refractivity contribution in [1.82, 2.24) is 5.32 Å². The van der Waals surface area contributed by atoms with Crippen molar-refractivity contribution >= 4 is 23.2 Å². The van der Waals surface area contributed by atoms with Crippen LogP contribution in [0.4, 0.5) is 0 Å². The van der Waals surface area contributed by atoms with E-state index in [2.05, 4.69) is 24.4 Å². The standard InChI is InChI=1S/C17H19Cl2N/c1-11-8-16(19)12(2)7-15(11)17(20-3)10-13-5-4-6-14(18)9-13/h4-9,17,20H,10H2,1-3H3. The van der Waals surface area contributed by atoms with Crippen molar-refractivity contribution in [3.8, 4) is 0 Å². The van der Waals surface area contributed by atoms with Crippen LogP contribution in [-0.2, 0) is 6.42 Å². The predicted molar refractivity (Wildman–Crippen MR) is 87.9 cm³/mol. The third-order valence-corrected chi connectivity index (χ3v) is 4.24. The van der Waals surface area contributed by atoms with E-state index in [1.807, 2.05) is 38.2 Å². The van der Waals surface area contributed by atoms with E-state index in [0.29, 0.717) is 0 Å². The van der Waals surface area contributed by atoms with E-state index in [9.17, 15) is 0 Å². The molecule has 0 saturated carbocycles. The monoisotopic (exact) mass is 307 g/mol. The fraction of sp³-hybridized carbons (Fsp3) is 0.294. The summed E-state index contributed by atoms with van der Waals surface area (Å²) in [7, 11) is 1.98. The normalized spacial score (nSPS) is 12.4. The van der Waals surface area contributed by atoms with Crippen LogP contribution in [0.1, 0.15) is 28.3 Å². The summed E-state index contributed by atoms with van der Waals surface area (Å²) in [5, 5.41) is 4.99. The summed E-state index contributed by atoms with van der Waals surface area (Å²) < 4.78 is 0. The Labute approximate surface area is 130 Å². The first kappa shape index (κ1) is 15.4. The van der Waals surface area contributed by atoms with Crippen LogP contribution in [0.5, 0.6) is 0 Å². The van der Waals surface area contributed by atoms with Gasteiger partial charge in [-0.15, -0.1) is 0 Å². The molecular formula is C17H19Cl2N. The molecule has 0 aliphatic carbocycles. The first-order valence-corrected chi connectivity index (χ1v) is 7.45. The van der Waals surface area contributed by atoms with Gasteiger partial charge in [0.05, 0.1) is 0 Å². The maximum absolute atomic E-state index is 6.18. The van der Waals surface area contributed by atoms with Gasteiger partial charge in [0.15, 0.2) is 0 Å². The Kier molecular flexibility index (Phi) is 5.09. The van der Waals surface area contributed by atoms with Crippen molar-refractivity contribution < 1.29 is 0 Å². The van der Waals surface area contributed by atoms with Crippen molar-refractivity contribution in [3.05, 3.63) is 68.7 Å². The van der Waals surface area contributed by atoms with Crippen LogP contribution in [0.3, 0.4) is 0 Å². The number of likely N-dealkylation sites (N-methyl/N-ethyl adjacent to an activating group) is 1. The average Bonchev–Trinajstić information content (AvgIpc) is 2.40. The molecule has 1 unspecified atom stereocenters. The fourth-order valence-electron chi connectivity index (χ4n) is 2.45. The zero-order valence-electron chi connectivity index (χ0n) is 12.0. The lowest BCUT2D eigenvalue weighted by Crippen LogP contribution is -2.20. The van der Waals surface area contributed by atoms with Crippen LogP contribution >= 0.6 is 23.2 Å². The Morgan fingerprint density at radius 1 is 1.05 bits per heavy atom. The van der Waals surface area contributed by atoms with Gasteiger partial charge in [0.1, 0.15) is 0 Å². The van der Waals surface area contributed by atoms with Gasteiger partial charge in [0.25, 0.3) is 0 Å². The summed E-state index contributed by atoms with van der Waals surface area (Å²) in [6.07, 6.45) is 0.902. The van der Waals surface area contributed by atoms with Crippen molar-refractivity contribution in [2.24, 2.45) is 0 Å². The Bertz CT molecular complexity index is 608. The molecule has 2 aromatic carbocycles. The third-order valence-electron chi connectivity index (χ3n) is 3.60. The molecule has 2 rings (SSSR count). The smallest absolute Gasteiger partial charge is 0.0438 e. The second-order valence-corrected chi connectivity index (χ2v) is 5.98. The SMILES string of the molecule is CNC(Cc1cccc(Cl)c1)c1cc(C)c(Cl)cc1C. The highest BCUT2D eigenvalue weighted by Gasteiger charge is 2.14. The zero-order chi connectivity index (χ0) is 14.7. The molecule has 0 aliphatic heterocycles. The first-order valence-electron chi connectivity index (χ1n) is 6.69. The summed E-state index contributed by atoms with van der Waals surface area (Å²) in [4.78, 5) is 0. The number of benzene rings is 2. The average molecular weight is 308 g/mol. The number of rotatable bonds is 4. The van der Waals surface area contributed by atoms with Gasteiger partial charge in [-0.1, -0.05) is 41.4 Å². The highest BCUT2D eigenvalue weighted by molar-refractivity contribution is 6.31. The Morgan fingerprint density at radius 2 is 1.80 bits per heavy atom. The molecule has 0 heterocycles. The number of hydrogen-bond acceptors (Lipinski definition) is 1. The van der Waals surface area contributed by atoms with Gasteiger partial charge in [-0.3, -0.25) is 0 Å². The minimum Gasteiger partial charge on any atom is -0.313 e. The summed E-state index contributed by atoms with van der Waals surface area (Å²) in [6, 6.07) is 12.5. The lowest BCUT2D eigenvalue weighted by atomic mass is 9.94. The van der Waals surface area contributed by atoms with Gasteiger partial charge >= 0.3 is 0 Å². The zero-order valence-corrected chi connectivity index (χ0v) is 13.5. The minimum absolute atomic E-state index is 0.254. The maximum atomic E-state index is 6.18. The third kappa shape index (κ3) is 3.54. The summed E-state index contributed by atoms with van der Waals surface area (Å²) >= 11 is 12.2. The van der Waals surface area contributed by atoms with Crippen LogP contribution in [0.2, 0.25) is 10.0 Å². The van der Waals surface area contributed by atoms with Crippen molar-refractivity contribution in [2.45, 2.75) is 26.3 Å². The highest BCUT2D eigenvalue weighted by Crippen LogP contribution is 2.27. The molecular weight excluding hydrogens is 289 g/mol. The molecule has 0 fully saturated rings. The highest BCUT2D eigenvalue weighted by atomic mass is 35.5. The van der Waals surface area contributed by atoms with E-state index < -0.39 is 0 Å². The fourth-order valence-corrected chi connectivity index (χ4v) is 2.88. The number of halogens is 2. The molecule has 1 nitrogen and oxygen atoms in total. The number of nitrogens with one attached hydrogen (secondary N) is 1. The molecule has 20 heavy (non-hydrogen) atoms. The summed E-state index contributed by atoms with van der Waals surface area (Å²) in [6.45, 7) is 4.14. The van der Waals surface area contributed by atoms with Crippen LogP contribution in [0.15, 0.2) is 36.4 Å². The second kappa shape index (κ2) is 6.62. The van der Waals surface area contributed by atoms with E-state index in [4.69, 9.17) is 23.2 Å². The summed E-state index contributed by atoms with van der Waals surface area (Å²) in [5.41, 5.74) is 4.83. The van der Waals surface area contributed by atoms with Crippen molar-refractivity contribution in [3.63, 3.8) is 0 Å². The van der Waals surface area contributed by atoms with Gasteiger partial charge in [-0.2, -0.15) is 0 Å². The Hall–Kier alpha value is -1.02. The summed E-state index contributed by atoms with van der Waals surface area (Å²) in [5.74, 6) is 0. The molecule has 0 saturated heterocycles. The molecule has 106 valence electrons. The van der Waals surface area contributed by atoms with Crippen molar-refractivity contribution in [1.29, 1.82) is 0 Å². The van der Waals surface area contributed by atoms with E-state index >= 15 is 0 Å². The molecule has 2 aromatic rings. The van der Waals surface area contributed by atoms with Gasteiger partial charge in [-0.25, -0.2) is 0 Å². The molecule has 0 aliphatic rings. The van der Waals surface area contributed by atoms with Gasteiger partial charge in [0, 0.05) is 16.1 Å². The molecule has 0 amide bonds. The molecule has 0 spiro atoms. The lowest BCUT2D eigenvalue weighted by Gasteiger charge is -2.20. The van der Waals surface area contributed by atoms with E-state index in [-0.39, 0.29) is 6.04 Å². The van der Waals surface area contributed by atoms with Gasteiger partial charge in [-0.05, 0) is 67.8 Å². The lowest BCUT2D eigenvalue weighted by molar-refractivity contribution is 0.588. The maximum Gasteiger partial charge on any atom is 0.0438 e. The van der Waals surface area contributed by atoms with Gasteiger partial charge in [0.2, 0.25) is 0 Å². The Balaban J connectivity index is 2.31. The van der Waals surface area contributed by atoms with E-state index in [0.717, 1.165) is 22.0 Å².